The average Bonchev–Trinajstić information content (AvgIpc) is 2.64. The second-order valence-corrected chi connectivity index (χ2v) is 8.00. The SMILES string of the molecule is COc1ccc(OC)c(N(CC(=O)N/N=C\c2cccc(Cl)c2)S(C)(=O)=O)c1. The zero-order chi connectivity index (χ0) is 20.7. The Morgan fingerprint density at radius 3 is 2.57 bits per heavy atom. The highest BCUT2D eigenvalue weighted by Crippen LogP contribution is 2.33. The lowest BCUT2D eigenvalue weighted by molar-refractivity contribution is -0.119. The maximum absolute atomic E-state index is 12.3. The highest BCUT2D eigenvalue weighted by Gasteiger charge is 2.24. The second kappa shape index (κ2) is 9.43. The monoisotopic (exact) mass is 425 g/mol. The molecule has 28 heavy (non-hydrogen) atoms. The Kier molecular flexibility index (Phi) is 7.24. The van der Waals surface area contributed by atoms with Crippen molar-refractivity contribution in [2.75, 3.05) is 31.3 Å². The molecule has 0 atom stereocenters. The van der Waals surface area contributed by atoms with Gasteiger partial charge in [-0.25, -0.2) is 13.8 Å². The van der Waals surface area contributed by atoms with Crippen molar-refractivity contribution in [3.8, 4) is 11.5 Å². The highest BCUT2D eigenvalue weighted by molar-refractivity contribution is 7.92. The Morgan fingerprint density at radius 2 is 1.96 bits per heavy atom. The second-order valence-electron chi connectivity index (χ2n) is 5.66. The summed E-state index contributed by atoms with van der Waals surface area (Å²) in [5, 5.41) is 4.36. The molecule has 1 N–H and O–H groups in total. The number of anilines is 1. The van der Waals surface area contributed by atoms with Crippen LogP contribution in [0.25, 0.3) is 0 Å². The Balaban J connectivity index is 2.20. The Morgan fingerprint density at radius 1 is 1.21 bits per heavy atom. The van der Waals surface area contributed by atoms with Crippen LogP contribution in [-0.4, -0.2) is 47.6 Å². The summed E-state index contributed by atoms with van der Waals surface area (Å²) in [6.07, 6.45) is 2.40. The number of sulfonamides is 1. The van der Waals surface area contributed by atoms with E-state index in [2.05, 4.69) is 10.5 Å². The van der Waals surface area contributed by atoms with Crippen molar-refractivity contribution in [1.29, 1.82) is 0 Å². The molecule has 0 saturated heterocycles. The molecule has 1 amide bonds. The quantitative estimate of drug-likeness (QED) is 0.517. The van der Waals surface area contributed by atoms with Crippen LogP contribution in [0.1, 0.15) is 5.56 Å². The lowest BCUT2D eigenvalue weighted by Gasteiger charge is -2.23. The number of hydrazone groups is 1. The summed E-state index contributed by atoms with van der Waals surface area (Å²) >= 11 is 5.88. The van der Waals surface area contributed by atoms with Gasteiger partial charge in [0.2, 0.25) is 10.0 Å². The molecule has 8 nitrogen and oxygen atoms in total. The number of nitrogens with one attached hydrogen (secondary N) is 1. The molecule has 2 rings (SSSR count). The predicted octanol–water partition coefficient (Wildman–Crippen LogP) is 2.27. The Labute approximate surface area is 168 Å². The molecule has 0 radical (unpaired) electrons. The van der Waals surface area contributed by atoms with E-state index in [4.69, 9.17) is 21.1 Å². The maximum Gasteiger partial charge on any atom is 0.260 e. The van der Waals surface area contributed by atoms with E-state index in [-0.39, 0.29) is 11.4 Å². The van der Waals surface area contributed by atoms with Crippen molar-refractivity contribution in [2.45, 2.75) is 0 Å². The molecule has 0 fully saturated rings. The zero-order valence-corrected chi connectivity index (χ0v) is 17.1. The molecular weight excluding hydrogens is 406 g/mol. The van der Waals surface area contributed by atoms with Gasteiger partial charge in [-0.1, -0.05) is 23.7 Å². The maximum atomic E-state index is 12.3. The van der Waals surface area contributed by atoms with Crippen LogP contribution in [0.4, 0.5) is 5.69 Å². The van der Waals surface area contributed by atoms with Gasteiger partial charge < -0.3 is 9.47 Å². The molecule has 10 heteroatoms. The molecule has 0 unspecified atom stereocenters. The van der Waals surface area contributed by atoms with Gasteiger partial charge in [-0.15, -0.1) is 0 Å². The van der Waals surface area contributed by atoms with E-state index >= 15 is 0 Å². The molecule has 0 heterocycles. The molecule has 0 aliphatic rings. The molecule has 0 aliphatic heterocycles. The molecule has 0 aromatic heterocycles. The van der Waals surface area contributed by atoms with Crippen LogP contribution < -0.4 is 19.2 Å². The van der Waals surface area contributed by atoms with Gasteiger partial charge in [0.25, 0.3) is 5.91 Å². The minimum Gasteiger partial charge on any atom is -0.497 e. The van der Waals surface area contributed by atoms with Crippen LogP contribution in [0.15, 0.2) is 47.6 Å². The molecule has 0 aliphatic carbocycles. The van der Waals surface area contributed by atoms with Gasteiger partial charge >= 0.3 is 0 Å². The van der Waals surface area contributed by atoms with Gasteiger partial charge in [0.15, 0.2) is 0 Å². The van der Waals surface area contributed by atoms with Crippen LogP contribution >= 0.6 is 11.6 Å². The van der Waals surface area contributed by atoms with E-state index < -0.39 is 22.5 Å². The lowest BCUT2D eigenvalue weighted by atomic mass is 10.2. The minimum atomic E-state index is -3.79. The van der Waals surface area contributed by atoms with Crippen molar-refractivity contribution in [1.82, 2.24) is 5.43 Å². The first-order chi connectivity index (χ1) is 13.2. The van der Waals surface area contributed by atoms with Crippen LogP contribution in [0.3, 0.4) is 0 Å². The summed E-state index contributed by atoms with van der Waals surface area (Å²) in [4.78, 5) is 12.3. The van der Waals surface area contributed by atoms with Crippen LogP contribution in [0.5, 0.6) is 11.5 Å². The van der Waals surface area contributed by atoms with E-state index in [0.29, 0.717) is 16.3 Å². The molecule has 0 spiro atoms. The van der Waals surface area contributed by atoms with Gasteiger partial charge in [0.05, 0.1) is 32.4 Å². The van der Waals surface area contributed by atoms with E-state index in [1.807, 2.05) is 0 Å². The molecular formula is C18H20ClN3O5S. The largest absolute Gasteiger partial charge is 0.497 e. The van der Waals surface area contributed by atoms with E-state index in [1.165, 1.54) is 26.5 Å². The number of methoxy groups -OCH3 is 2. The first-order valence-electron chi connectivity index (χ1n) is 8.02. The topological polar surface area (TPSA) is 97.3 Å². The van der Waals surface area contributed by atoms with Gasteiger partial charge in [-0.3, -0.25) is 9.10 Å². The third-order valence-corrected chi connectivity index (χ3v) is 4.96. The van der Waals surface area contributed by atoms with E-state index in [1.54, 1.807) is 36.4 Å². The van der Waals surface area contributed by atoms with Crippen LogP contribution in [0, 0.1) is 0 Å². The van der Waals surface area contributed by atoms with Gasteiger partial charge in [-0.2, -0.15) is 5.10 Å². The standard InChI is InChI=1S/C18H20ClN3O5S/c1-26-15-7-8-17(27-2)16(10-15)22(28(3,24)25)12-18(23)21-20-11-13-5-4-6-14(19)9-13/h4-11H,12H2,1-3H3,(H,21,23)/b20-11-. The summed E-state index contributed by atoms with van der Waals surface area (Å²) in [5.74, 6) is 0.0684. The number of benzene rings is 2. The number of rotatable bonds is 8. The summed E-state index contributed by atoms with van der Waals surface area (Å²) < 4.78 is 35.8. The predicted molar refractivity (Wildman–Crippen MR) is 109 cm³/mol. The van der Waals surface area contributed by atoms with Crippen LogP contribution in [-0.2, 0) is 14.8 Å². The summed E-state index contributed by atoms with van der Waals surface area (Å²) in [6, 6.07) is 11.5. The van der Waals surface area contributed by atoms with Crippen LogP contribution in [0.2, 0.25) is 5.02 Å². The number of hydrogen-bond acceptors (Lipinski definition) is 6. The fraction of sp³-hybridized carbons (Fsp3) is 0.222. The summed E-state index contributed by atoms with van der Waals surface area (Å²) in [5.41, 5.74) is 3.16. The third-order valence-electron chi connectivity index (χ3n) is 3.59. The van der Waals surface area contributed by atoms with E-state index in [0.717, 1.165) is 10.6 Å². The highest BCUT2D eigenvalue weighted by atomic mass is 35.5. The Bertz CT molecular complexity index is 979. The number of halogens is 1. The Hall–Kier alpha value is -2.78. The fourth-order valence-electron chi connectivity index (χ4n) is 2.30. The fourth-order valence-corrected chi connectivity index (χ4v) is 3.35. The minimum absolute atomic E-state index is 0.179. The van der Waals surface area contributed by atoms with Crippen molar-refractivity contribution in [3.05, 3.63) is 53.1 Å². The summed E-state index contributed by atoms with van der Waals surface area (Å²) in [6.45, 7) is -0.491. The molecule has 150 valence electrons. The normalized spacial score (nSPS) is 11.3. The van der Waals surface area contributed by atoms with Crippen molar-refractivity contribution in [3.63, 3.8) is 0 Å². The molecule has 2 aromatic carbocycles. The lowest BCUT2D eigenvalue weighted by Crippen LogP contribution is -2.39. The third kappa shape index (κ3) is 5.86. The zero-order valence-electron chi connectivity index (χ0n) is 15.5. The van der Waals surface area contributed by atoms with Gasteiger partial charge in [0.1, 0.15) is 18.0 Å². The van der Waals surface area contributed by atoms with Gasteiger partial charge in [-0.05, 0) is 29.8 Å². The first-order valence-corrected chi connectivity index (χ1v) is 10.2. The number of carbonyl (C=O) groups excluding carboxylic acids is 1. The first kappa shape index (κ1) is 21.5. The molecule has 0 bridgehead atoms. The van der Waals surface area contributed by atoms with Crippen molar-refractivity contribution < 1.29 is 22.7 Å². The number of nitrogens with zero attached hydrogens (tertiary/aromatic N) is 2. The number of ether oxygens (including phenoxy) is 2. The number of amides is 1. The molecule has 0 saturated carbocycles. The van der Waals surface area contributed by atoms with Gasteiger partial charge in [0, 0.05) is 11.1 Å². The smallest absolute Gasteiger partial charge is 0.260 e. The van der Waals surface area contributed by atoms with Crippen molar-refractivity contribution in [2.24, 2.45) is 5.10 Å². The molecule has 2 aromatic rings. The number of carbonyl (C=O) groups is 1. The number of hydrogen-bond donors (Lipinski definition) is 1. The van der Waals surface area contributed by atoms with Crippen molar-refractivity contribution >= 4 is 39.4 Å². The summed E-state index contributed by atoms with van der Waals surface area (Å²) in [7, 11) is -0.930. The van der Waals surface area contributed by atoms with E-state index in [9.17, 15) is 13.2 Å². The average molecular weight is 426 g/mol.